The van der Waals surface area contributed by atoms with Crippen molar-refractivity contribution in [2.45, 2.75) is 18.9 Å². The summed E-state index contributed by atoms with van der Waals surface area (Å²) in [7, 11) is 0. The van der Waals surface area contributed by atoms with Gasteiger partial charge >= 0.3 is 5.97 Å². The molecule has 0 unspecified atom stereocenters. The Morgan fingerprint density at radius 3 is 2.56 bits per heavy atom. The molecular weight excluding hydrogens is 170 g/mol. The summed E-state index contributed by atoms with van der Waals surface area (Å²) < 4.78 is 0. The smallest absolute Gasteiger partial charge is 0.320 e. The molecule has 4 heteroatoms. The fourth-order valence-electron chi connectivity index (χ4n) is 0.895. The minimum absolute atomic E-state index is 0. The van der Waals surface area contributed by atoms with Crippen molar-refractivity contribution < 1.29 is 27.0 Å². The number of hydrogen-bond acceptors (Lipinski definition) is 2. The first kappa shape index (κ1) is 8.95. The number of carboxylic acid groups (broad SMARTS) is 1. The van der Waals surface area contributed by atoms with E-state index < -0.39 is 5.97 Å². The van der Waals surface area contributed by atoms with Crippen molar-refractivity contribution >= 4 is 5.97 Å². The second kappa shape index (κ2) is 3.88. The first-order chi connectivity index (χ1) is 3.80. The van der Waals surface area contributed by atoms with Gasteiger partial charge in [0.25, 0.3) is 0 Å². The van der Waals surface area contributed by atoms with Crippen molar-refractivity contribution in [2.24, 2.45) is 0 Å². The third-order valence-electron chi connectivity index (χ3n) is 1.36. The van der Waals surface area contributed by atoms with E-state index in [9.17, 15) is 4.79 Å². The first-order valence-corrected chi connectivity index (χ1v) is 2.77. The average molecular weight is 179 g/mol. The van der Waals surface area contributed by atoms with Crippen molar-refractivity contribution in [3.63, 3.8) is 0 Å². The van der Waals surface area contributed by atoms with Crippen molar-refractivity contribution in [3.05, 3.63) is 0 Å². The largest absolute Gasteiger partial charge is 0.480 e. The summed E-state index contributed by atoms with van der Waals surface area (Å²) in [5.74, 6) is -0.720. The van der Waals surface area contributed by atoms with Gasteiger partial charge in [0.15, 0.2) is 0 Å². The van der Waals surface area contributed by atoms with E-state index in [1.165, 1.54) is 0 Å². The van der Waals surface area contributed by atoms with Gasteiger partial charge in [0, 0.05) is 17.1 Å². The van der Waals surface area contributed by atoms with Crippen LogP contribution in [0.25, 0.3) is 0 Å². The molecule has 1 atom stereocenters. The van der Waals surface area contributed by atoms with Crippen LogP contribution in [0.3, 0.4) is 0 Å². The van der Waals surface area contributed by atoms with E-state index in [1.54, 1.807) is 0 Å². The SMILES string of the molecule is O=C(O)[C@H]1CCCN1.[Cu]. The molecular formula is C5H9CuNO2. The van der Waals surface area contributed by atoms with E-state index in [4.69, 9.17) is 5.11 Å². The molecule has 0 bridgehead atoms. The van der Waals surface area contributed by atoms with Crippen molar-refractivity contribution in [1.82, 2.24) is 5.32 Å². The summed E-state index contributed by atoms with van der Waals surface area (Å²) in [5.41, 5.74) is 0. The van der Waals surface area contributed by atoms with E-state index >= 15 is 0 Å². The fraction of sp³-hybridized carbons (Fsp3) is 0.800. The molecule has 0 aromatic heterocycles. The number of rotatable bonds is 1. The van der Waals surface area contributed by atoms with Crippen LogP contribution in [0.1, 0.15) is 12.8 Å². The topological polar surface area (TPSA) is 49.3 Å². The monoisotopic (exact) mass is 178 g/mol. The molecule has 0 spiro atoms. The van der Waals surface area contributed by atoms with Gasteiger partial charge < -0.3 is 10.4 Å². The van der Waals surface area contributed by atoms with Crippen molar-refractivity contribution in [1.29, 1.82) is 0 Å². The Morgan fingerprint density at radius 1 is 1.67 bits per heavy atom. The number of hydrogen-bond donors (Lipinski definition) is 2. The Kier molecular flexibility index (Phi) is 3.86. The van der Waals surface area contributed by atoms with Gasteiger partial charge in [0.2, 0.25) is 0 Å². The zero-order chi connectivity index (χ0) is 5.98. The van der Waals surface area contributed by atoms with Crippen molar-refractivity contribution in [2.75, 3.05) is 6.54 Å². The molecule has 0 saturated carbocycles. The zero-order valence-corrected chi connectivity index (χ0v) is 5.80. The van der Waals surface area contributed by atoms with Gasteiger partial charge in [-0.3, -0.25) is 4.79 Å². The minimum Gasteiger partial charge on any atom is -0.480 e. The molecule has 1 rings (SSSR count). The molecule has 1 fully saturated rings. The van der Waals surface area contributed by atoms with E-state index in [0.29, 0.717) is 0 Å². The Balaban J connectivity index is 0.000000640. The van der Waals surface area contributed by atoms with Crippen LogP contribution >= 0.6 is 0 Å². The maximum absolute atomic E-state index is 10.1. The summed E-state index contributed by atoms with van der Waals surface area (Å²) >= 11 is 0. The van der Waals surface area contributed by atoms with Crippen LogP contribution in [0.4, 0.5) is 0 Å². The molecule has 1 heterocycles. The second-order valence-electron chi connectivity index (χ2n) is 1.99. The summed E-state index contributed by atoms with van der Waals surface area (Å²) in [6, 6.07) is -0.269. The zero-order valence-electron chi connectivity index (χ0n) is 4.86. The third kappa shape index (κ3) is 2.35. The van der Waals surface area contributed by atoms with Gasteiger partial charge in [0.1, 0.15) is 6.04 Å². The summed E-state index contributed by atoms with van der Waals surface area (Å²) in [4.78, 5) is 10.1. The van der Waals surface area contributed by atoms with Crippen LogP contribution in [0, 0.1) is 0 Å². The maximum Gasteiger partial charge on any atom is 0.320 e. The van der Waals surface area contributed by atoms with Gasteiger partial charge in [-0.15, -0.1) is 0 Å². The van der Waals surface area contributed by atoms with Crippen LogP contribution in [0.5, 0.6) is 0 Å². The Hall–Kier alpha value is -0.0505. The minimum atomic E-state index is -0.720. The molecule has 0 aliphatic carbocycles. The Bertz CT molecular complexity index is 101. The molecule has 0 aromatic rings. The van der Waals surface area contributed by atoms with Gasteiger partial charge in [-0.25, -0.2) is 0 Å². The first-order valence-electron chi connectivity index (χ1n) is 2.77. The van der Waals surface area contributed by atoms with Crippen molar-refractivity contribution in [3.8, 4) is 0 Å². The quantitative estimate of drug-likeness (QED) is 0.548. The molecule has 0 amide bonds. The average Bonchev–Trinajstić information content (AvgIpc) is 2.12. The van der Waals surface area contributed by atoms with Gasteiger partial charge in [0.05, 0.1) is 0 Å². The summed E-state index contributed by atoms with van der Waals surface area (Å²) in [6.45, 7) is 0.858. The predicted octanol–water partition coefficient (Wildman–Crippen LogP) is -0.179. The van der Waals surface area contributed by atoms with Gasteiger partial charge in [-0.1, -0.05) is 0 Å². The van der Waals surface area contributed by atoms with Gasteiger partial charge in [-0.05, 0) is 19.4 Å². The molecule has 57 valence electrons. The Morgan fingerprint density at radius 2 is 2.33 bits per heavy atom. The van der Waals surface area contributed by atoms with E-state index in [1.807, 2.05) is 0 Å². The van der Waals surface area contributed by atoms with Crippen LogP contribution < -0.4 is 5.32 Å². The predicted molar refractivity (Wildman–Crippen MR) is 28.7 cm³/mol. The van der Waals surface area contributed by atoms with E-state index in [-0.39, 0.29) is 23.1 Å². The molecule has 2 N–H and O–H groups in total. The number of carbonyl (C=O) groups is 1. The van der Waals surface area contributed by atoms with E-state index in [2.05, 4.69) is 5.32 Å². The van der Waals surface area contributed by atoms with Gasteiger partial charge in [-0.2, -0.15) is 0 Å². The molecule has 1 saturated heterocycles. The van der Waals surface area contributed by atoms with E-state index in [0.717, 1.165) is 19.4 Å². The molecule has 3 nitrogen and oxygen atoms in total. The molecule has 0 aromatic carbocycles. The summed E-state index contributed by atoms with van der Waals surface area (Å²) in [5, 5.41) is 11.2. The number of aliphatic carboxylic acids is 1. The Labute approximate surface area is 64.3 Å². The third-order valence-corrected chi connectivity index (χ3v) is 1.36. The summed E-state index contributed by atoms with van der Waals surface area (Å²) in [6.07, 6.45) is 1.78. The van der Waals surface area contributed by atoms with Crippen LogP contribution in [0.2, 0.25) is 0 Å². The second-order valence-corrected chi connectivity index (χ2v) is 1.99. The van der Waals surface area contributed by atoms with Crippen LogP contribution in [-0.4, -0.2) is 23.7 Å². The van der Waals surface area contributed by atoms with Crippen LogP contribution in [0.15, 0.2) is 0 Å². The molecule has 1 radical (unpaired) electrons. The normalized spacial score (nSPS) is 25.1. The standard InChI is InChI=1S/C5H9NO2.Cu/c7-5(8)4-2-1-3-6-4;/h4,6H,1-3H2,(H,7,8);/t4-;/m1./s1. The number of nitrogens with one attached hydrogen (secondary N) is 1. The molecule has 1 aliphatic rings. The van der Waals surface area contributed by atoms with Crippen LogP contribution in [-0.2, 0) is 21.9 Å². The fourth-order valence-corrected chi connectivity index (χ4v) is 0.895. The molecule has 1 aliphatic heterocycles. The maximum atomic E-state index is 10.1. The molecule has 9 heavy (non-hydrogen) atoms. The number of carboxylic acids is 1.